The zero-order valence-corrected chi connectivity index (χ0v) is 16.7. The zero-order valence-electron chi connectivity index (χ0n) is 15.9. The molecule has 146 valence electrons. The van der Waals surface area contributed by atoms with Gasteiger partial charge in [-0.15, -0.1) is 0 Å². The molecule has 2 heterocycles. The molecule has 25 heavy (non-hydrogen) atoms. The second-order valence-electron chi connectivity index (χ2n) is 7.47. The van der Waals surface area contributed by atoms with Crippen LogP contribution >= 0.6 is 0 Å². The highest BCUT2D eigenvalue weighted by atomic mass is 32.2. The van der Waals surface area contributed by atoms with Crippen LogP contribution in [0.4, 0.5) is 0 Å². The van der Waals surface area contributed by atoms with E-state index in [9.17, 15) is 8.42 Å². The molecule has 2 aliphatic heterocycles. The summed E-state index contributed by atoms with van der Waals surface area (Å²) in [7, 11) is -3.26. The number of rotatable bonds is 6. The summed E-state index contributed by atoms with van der Waals surface area (Å²) in [6.45, 7) is 12.5. The third-order valence-corrected chi connectivity index (χ3v) is 5.37. The van der Waals surface area contributed by atoms with Crippen LogP contribution in [0.5, 0.6) is 0 Å². The molecule has 0 spiro atoms. The summed E-state index contributed by atoms with van der Waals surface area (Å²) in [6.07, 6.45) is 2.30. The van der Waals surface area contributed by atoms with E-state index in [2.05, 4.69) is 19.8 Å². The largest absolute Gasteiger partial charge is 0.379 e. The molecule has 2 fully saturated rings. The average Bonchev–Trinajstić information content (AvgIpc) is 3.00. The molecule has 0 radical (unpaired) electrons. The van der Waals surface area contributed by atoms with Crippen molar-refractivity contribution in [2.45, 2.75) is 38.8 Å². The van der Waals surface area contributed by atoms with Gasteiger partial charge in [0.25, 0.3) is 0 Å². The Hall–Kier alpha value is -0.900. The van der Waals surface area contributed by atoms with Gasteiger partial charge >= 0.3 is 0 Å². The highest BCUT2D eigenvalue weighted by molar-refractivity contribution is 7.88. The van der Waals surface area contributed by atoms with Gasteiger partial charge in [0.2, 0.25) is 10.0 Å². The van der Waals surface area contributed by atoms with Crippen LogP contribution in [0.2, 0.25) is 0 Å². The standard InChI is InChI=1S/C16H33N5O3S/c1-5-17-15(18-13-16(2,3)19-25(4,22)23)21-7-6-14(12-21)20-8-10-24-11-9-20/h14,19H,5-13H2,1-4H3,(H,17,18). The van der Waals surface area contributed by atoms with Crippen LogP contribution in [0.3, 0.4) is 0 Å². The molecule has 2 rings (SSSR count). The SMILES string of the molecule is CCNC(=NCC(C)(C)NS(C)(=O)=O)N1CCC(N2CCOCC2)C1. The number of hydrogen-bond donors (Lipinski definition) is 2. The summed E-state index contributed by atoms with van der Waals surface area (Å²) in [4.78, 5) is 9.47. The van der Waals surface area contributed by atoms with E-state index in [-0.39, 0.29) is 0 Å². The molecule has 0 aliphatic carbocycles. The summed E-state index contributed by atoms with van der Waals surface area (Å²) in [5, 5.41) is 3.34. The van der Waals surface area contributed by atoms with E-state index < -0.39 is 15.6 Å². The van der Waals surface area contributed by atoms with Gasteiger partial charge < -0.3 is 15.0 Å². The molecule has 2 N–H and O–H groups in total. The Kier molecular flexibility index (Phi) is 7.07. The van der Waals surface area contributed by atoms with E-state index in [4.69, 9.17) is 9.73 Å². The summed E-state index contributed by atoms with van der Waals surface area (Å²) < 4.78 is 31.1. The molecule has 1 atom stereocenters. The first kappa shape index (κ1) is 20.4. The van der Waals surface area contributed by atoms with Gasteiger partial charge in [0.1, 0.15) is 0 Å². The number of hydrogen-bond acceptors (Lipinski definition) is 5. The second-order valence-corrected chi connectivity index (χ2v) is 9.21. The van der Waals surface area contributed by atoms with E-state index >= 15 is 0 Å². The molecule has 2 saturated heterocycles. The van der Waals surface area contributed by atoms with Gasteiger partial charge in [0.15, 0.2) is 5.96 Å². The van der Waals surface area contributed by atoms with E-state index in [1.54, 1.807) is 0 Å². The lowest BCUT2D eigenvalue weighted by Crippen LogP contribution is -2.48. The molecule has 0 saturated carbocycles. The van der Waals surface area contributed by atoms with Gasteiger partial charge in [-0.2, -0.15) is 0 Å². The minimum Gasteiger partial charge on any atom is -0.379 e. The highest BCUT2D eigenvalue weighted by Gasteiger charge is 2.30. The van der Waals surface area contributed by atoms with Crippen LogP contribution < -0.4 is 10.0 Å². The second kappa shape index (κ2) is 8.66. The monoisotopic (exact) mass is 375 g/mol. The molecule has 0 aromatic carbocycles. The smallest absolute Gasteiger partial charge is 0.209 e. The van der Waals surface area contributed by atoms with E-state index in [1.165, 1.54) is 6.26 Å². The number of ether oxygens (including phenoxy) is 1. The van der Waals surface area contributed by atoms with Crippen molar-refractivity contribution in [2.75, 3.05) is 58.7 Å². The molecule has 0 amide bonds. The third kappa shape index (κ3) is 6.73. The van der Waals surface area contributed by atoms with Crippen molar-refractivity contribution in [3.8, 4) is 0 Å². The van der Waals surface area contributed by atoms with Gasteiger partial charge in [0, 0.05) is 44.3 Å². The fourth-order valence-electron chi connectivity index (χ4n) is 3.41. The maximum absolute atomic E-state index is 11.5. The molecular formula is C16H33N5O3S. The number of nitrogens with zero attached hydrogens (tertiary/aromatic N) is 3. The molecule has 2 aliphatic rings. The van der Waals surface area contributed by atoms with Crippen molar-refractivity contribution in [2.24, 2.45) is 4.99 Å². The van der Waals surface area contributed by atoms with Crippen molar-refractivity contribution in [1.29, 1.82) is 0 Å². The fraction of sp³-hybridized carbons (Fsp3) is 0.938. The quantitative estimate of drug-likeness (QED) is 0.489. The molecule has 0 aromatic rings. The normalized spacial score (nSPS) is 23.9. The number of likely N-dealkylation sites (tertiary alicyclic amines) is 1. The maximum Gasteiger partial charge on any atom is 0.209 e. The van der Waals surface area contributed by atoms with E-state index in [1.807, 2.05) is 20.8 Å². The van der Waals surface area contributed by atoms with Gasteiger partial charge in [0.05, 0.1) is 26.0 Å². The predicted molar refractivity (Wildman–Crippen MR) is 100 cm³/mol. The predicted octanol–water partition coefficient (Wildman–Crippen LogP) is -0.314. The van der Waals surface area contributed by atoms with Crippen molar-refractivity contribution in [3.05, 3.63) is 0 Å². The molecule has 9 heteroatoms. The van der Waals surface area contributed by atoms with Crippen LogP contribution in [0, 0.1) is 0 Å². The first-order valence-corrected chi connectivity index (χ1v) is 10.9. The van der Waals surface area contributed by atoms with Gasteiger partial charge in [-0.25, -0.2) is 13.1 Å². The maximum atomic E-state index is 11.5. The Balaban J connectivity index is 1.97. The van der Waals surface area contributed by atoms with Gasteiger partial charge in [-0.05, 0) is 27.2 Å². The summed E-state index contributed by atoms with van der Waals surface area (Å²) in [5.74, 6) is 0.863. The minimum absolute atomic E-state index is 0.390. The minimum atomic E-state index is -3.26. The lowest BCUT2D eigenvalue weighted by Gasteiger charge is -2.32. The van der Waals surface area contributed by atoms with Gasteiger partial charge in [-0.1, -0.05) is 0 Å². The molecular weight excluding hydrogens is 342 g/mol. The van der Waals surface area contributed by atoms with Crippen molar-refractivity contribution < 1.29 is 13.2 Å². The van der Waals surface area contributed by atoms with Crippen molar-refractivity contribution in [1.82, 2.24) is 19.8 Å². The zero-order chi connectivity index (χ0) is 18.5. The molecule has 0 bridgehead atoms. The van der Waals surface area contributed by atoms with E-state index in [0.29, 0.717) is 12.6 Å². The Morgan fingerprint density at radius 2 is 1.96 bits per heavy atom. The van der Waals surface area contributed by atoms with Crippen LogP contribution in [0.15, 0.2) is 4.99 Å². The molecule has 8 nitrogen and oxygen atoms in total. The number of sulfonamides is 1. The topological polar surface area (TPSA) is 86.3 Å². The average molecular weight is 376 g/mol. The Bertz CT molecular complexity index is 558. The number of nitrogens with one attached hydrogen (secondary N) is 2. The van der Waals surface area contributed by atoms with Crippen LogP contribution in [0.25, 0.3) is 0 Å². The summed E-state index contributed by atoms with van der Waals surface area (Å²) >= 11 is 0. The summed E-state index contributed by atoms with van der Waals surface area (Å²) in [5.41, 5.74) is -0.614. The third-order valence-electron chi connectivity index (χ3n) is 4.45. The molecule has 0 aromatic heterocycles. The van der Waals surface area contributed by atoms with Crippen LogP contribution in [0.1, 0.15) is 27.2 Å². The van der Waals surface area contributed by atoms with Crippen LogP contribution in [-0.4, -0.2) is 94.5 Å². The number of guanidine groups is 1. The highest BCUT2D eigenvalue weighted by Crippen LogP contribution is 2.17. The Labute approximate surface area is 152 Å². The van der Waals surface area contributed by atoms with Crippen molar-refractivity contribution in [3.63, 3.8) is 0 Å². The summed E-state index contributed by atoms with van der Waals surface area (Å²) in [6, 6.07) is 0.537. The Morgan fingerprint density at radius 1 is 1.28 bits per heavy atom. The van der Waals surface area contributed by atoms with Crippen LogP contribution in [-0.2, 0) is 14.8 Å². The van der Waals surface area contributed by atoms with E-state index in [0.717, 1.165) is 58.3 Å². The number of aliphatic imine (C=N–C) groups is 1. The Morgan fingerprint density at radius 3 is 2.56 bits per heavy atom. The lowest BCUT2D eigenvalue weighted by atomic mass is 10.1. The first-order chi connectivity index (χ1) is 11.7. The van der Waals surface area contributed by atoms with Gasteiger partial charge in [-0.3, -0.25) is 9.89 Å². The first-order valence-electron chi connectivity index (χ1n) is 9.04. The number of morpholine rings is 1. The lowest BCUT2D eigenvalue weighted by molar-refractivity contribution is 0.0195. The fourth-order valence-corrected chi connectivity index (χ4v) is 4.48. The van der Waals surface area contributed by atoms with Crippen molar-refractivity contribution >= 4 is 16.0 Å². The molecule has 1 unspecified atom stereocenters.